The molecule has 0 bridgehead atoms. The van der Waals surface area contributed by atoms with Crippen LogP contribution in [0.4, 0.5) is 0 Å². The number of hydrogen-bond acceptors (Lipinski definition) is 1. The Morgan fingerprint density at radius 3 is 2.27 bits per heavy atom. The molecule has 1 unspecified atom stereocenters. The molecule has 0 saturated carbocycles. The van der Waals surface area contributed by atoms with Gasteiger partial charge in [0.2, 0.25) is 0 Å². The third kappa shape index (κ3) is 2.69. The van der Waals surface area contributed by atoms with E-state index in [1.165, 1.54) is 16.7 Å². The zero-order valence-electron chi connectivity index (χ0n) is 10.0. The summed E-state index contributed by atoms with van der Waals surface area (Å²) >= 11 is 0. The van der Waals surface area contributed by atoms with Crippen LogP contribution >= 0.6 is 0 Å². The van der Waals surface area contributed by atoms with Gasteiger partial charge in [-0.25, -0.2) is 0 Å². The summed E-state index contributed by atoms with van der Waals surface area (Å²) in [6.45, 7) is 11.0. The molecule has 1 heteroatoms. The average Bonchev–Trinajstić information content (AvgIpc) is 2.23. The molecular formula is C14H21N. The van der Waals surface area contributed by atoms with Crippen molar-refractivity contribution in [2.75, 3.05) is 6.54 Å². The van der Waals surface area contributed by atoms with Crippen molar-refractivity contribution in [1.82, 2.24) is 0 Å². The van der Waals surface area contributed by atoms with Crippen LogP contribution in [-0.4, -0.2) is 6.54 Å². The van der Waals surface area contributed by atoms with Crippen molar-refractivity contribution >= 4 is 0 Å². The van der Waals surface area contributed by atoms with Crippen molar-refractivity contribution in [1.29, 1.82) is 0 Å². The lowest BCUT2D eigenvalue weighted by molar-refractivity contribution is 0.437. The van der Waals surface area contributed by atoms with Crippen molar-refractivity contribution in [2.45, 2.75) is 27.2 Å². The highest BCUT2D eigenvalue weighted by Crippen LogP contribution is 2.26. The van der Waals surface area contributed by atoms with Gasteiger partial charge < -0.3 is 5.73 Å². The first-order valence-corrected chi connectivity index (χ1v) is 5.41. The minimum absolute atomic E-state index is 0.0108. The second-order valence-corrected chi connectivity index (χ2v) is 4.61. The summed E-state index contributed by atoms with van der Waals surface area (Å²) in [4.78, 5) is 0. The Morgan fingerprint density at radius 1 is 1.33 bits per heavy atom. The Hall–Kier alpha value is -1.08. The van der Waals surface area contributed by atoms with Gasteiger partial charge >= 0.3 is 0 Å². The highest BCUT2D eigenvalue weighted by atomic mass is 14.6. The monoisotopic (exact) mass is 203 g/mol. The number of hydrogen-bond donors (Lipinski definition) is 1. The summed E-state index contributed by atoms with van der Waals surface area (Å²) in [6.07, 6.45) is 2.95. The Bertz CT molecular complexity index is 334. The summed E-state index contributed by atoms with van der Waals surface area (Å²) < 4.78 is 0. The quantitative estimate of drug-likeness (QED) is 0.748. The van der Waals surface area contributed by atoms with Crippen LogP contribution in [-0.2, 0) is 6.42 Å². The first kappa shape index (κ1) is 12.0. The van der Waals surface area contributed by atoms with E-state index in [4.69, 9.17) is 5.73 Å². The van der Waals surface area contributed by atoms with Gasteiger partial charge in [-0.2, -0.15) is 0 Å². The van der Waals surface area contributed by atoms with E-state index < -0.39 is 0 Å². The third-order valence-electron chi connectivity index (χ3n) is 3.18. The maximum Gasteiger partial charge on any atom is 0.00146 e. The predicted octanol–water partition coefficient (Wildman–Crippen LogP) is 3.00. The fourth-order valence-corrected chi connectivity index (χ4v) is 1.76. The molecule has 1 rings (SSSR count). The maximum atomic E-state index is 5.79. The van der Waals surface area contributed by atoms with Crippen molar-refractivity contribution in [2.24, 2.45) is 11.1 Å². The van der Waals surface area contributed by atoms with Gasteiger partial charge in [-0.1, -0.05) is 31.2 Å². The van der Waals surface area contributed by atoms with Gasteiger partial charge in [0.15, 0.2) is 0 Å². The summed E-state index contributed by atoms with van der Waals surface area (Å²) in [5, 5.41) is 0. The van der Waals surface area contributed by atoms with E-state index in [1.54, 1.807) is 0 Å². The lowest BCUT2D eigenvalue weighted by atomic mass is 9.81. The molecule has 0 aliphatic rings. The zero-order chi connectivity index (χ0) is 11.5. The van der Waals surface area contributed by atoms with Crippen molar-refractivity contribution in [3.63, 3.8) is 0 Å². The molecule has 1 aromatic carbocycles. The Kier molecular flexibility index (Phi) is 3.70. The third-order valence-corrected chi connectivity index (χ3v) is 3.18. The second kappa shape index (κ2) is 4.63. The summed E-state index contributed by atoms with van der Waals surface area (Å²) in [6, 6.07) is 6.41. The molecule has 0 aromatic heterocycles. The van der Waals surface area contributed by atoms with E-state index in [0.717, 1.165) is 6.42 Å². The van der Waals surface area contributed by atoms with E-state index in [1.807, 2.05) is 6.08 Å². The molecule has 82 valence electrons. The zero-order valence-corrected chi connectivity index (χ0v) is 10.0. The molecule has 0 amide bonds. The molecule has 0 heterocycles. The minimum Gasteiger partial charge on any atom is -0.330 e. The largest absolute Gasteiger partial charge is 0.330 e. The van der Waals surface area contributed by atoms with Crippen LogP contribution in [0.3, 0.4) is 0 Å². The van der Waals surface area contributed by atoms with Crippen LogP contribution in [0.1, 0.15) is 23.6 Å². The molecule has 1 atom stereocenters. The molecule has 2 N–H and O–H groups in total. The van der Waals surface area contributed by atoms with Crippen LogP contribution in [0, 0.1) is 19.3 Å². The SMILES string of the molecule is C=CC(C)(CN)Cc1c(C)cccc1C. The highest BCUT2D eigenvalue weighted by Gasteiger charge is 2.20. The fraction of sp³-hybridized carbons (Fsp3) is 0.429. The Labute approximate surface area is 93.0 Å². The van der Waals surface area contributed by atoms with Gasteiger partial charge in [0, 0.05) is 12.0 Å². The van der Waals surface area contributed by atoms with Gasteiger partial charge in [-0.15, -0.1) is 6.58 Å². The number of benzene rings is 1. The summed E-state index contributed by atoms with van der Waals surface area (Å²) in [5.41, 5.74) is 9.90. The number of aryl methyl sites for hydroxylation is 2. The van der Waals surface area contributed by atoms with Crippen molar-refractivity contribution in [3.8, 4) is 0 Å². The van der Waals surface area contributed by atoms with Gasteiger partial charge in [0.1, 0.15) is 0 Å². The molecule has 0 radical (unpaired) electrons. The van der Waals surface area contributed by atoms with Crippen LogP contribution in [0.25, 0.3) is 0 Å². The summed E-state index contributed by atoms with van der Waals surface area (Å²) in [5.74, 6) is 0. The van der Waals surface area contributed by atoms with Gasteiger partial charge in [-0.05, 0) is 37.0 Å². The van der Waals surface area contributed by atoms with Crippen molar-refractivity contribution < 1.29 is 0 Å². The molecule has 0 aliphatic carbocycles. The van der Waals surface area contributed by atoms with Crippen LogP contribution in [0.2, 0.25) is 0 Å². The maximum absolute atomic E-state index is 5.79. The predicted molar refractivity (Wildman–Crippen MR) is 67.0 cm³/mol. The van der Waals surface area contributed by atoms with Gasteiger partial charge in [-0.3, -0.25) is 0 Å². The van der Waals surface area contributed by atoms with Gasteiger partial charge in [0.05, 0.1) is 0 Å². The van der Waals surface area contributed by atoms with Crippen LogP contribution < -0.4 is 5.73 Å². The molecule has 1 aromatic rings. The molecular weight excluding hydrogens is 182 g/mol. The number of rotatable bonds is 4. The van der Waals surface area contributed by atoms with E-state index in [9.17, 15) is 0 Å². The first-order valence-electron chi connectivity index (χ1n) is 5.41. The fourth-order valence-electron chi connectivity index (χ4n) is 1.76. The van der Waals surface area contributed by atoms with Gasteiger partial charge in [0.25, 0.3) is 0 Å². The molecule has 0 saturated heterocycles. The lowest BCUT2D eigenvalue weighted by Crippen LogP contribution is -2.27. The smallest absolute Gasteiger partial charge is 0.00146 e. The van der Waals surface area contributed by atoms with E-state index >= 15 is 0 Å². The van der Waals surface area contributed by atoms with Crippen LogP contribution in [0.15, 0.2) is 30.9 Å². The van der Waals surface area contributed by atoms with E-state index in [-0.39, 0.29) is 5.41 Å². The molecule has 0 aliphatic heterocycles. The second-order valence-electron chi connectivity index (χ2n) is 4.61. The highest BCUT2D eigenvalue weighted by molar-refractivity contribution is 5.34. The number of nitrogens with two attached hydrogens (primary N) is 1. The molecule has 0 fully saturated rings. The normalized spacial score (nSPS) is 14.7. The molecule has 0 spiro atoms. The van der Waals surface area contributed by atoms with E-state index in [0.29, 0.717) is 6.54 Å². The van der Waals surface area contributed by atoms with Crippen molar-refractivity contribution in [3.05, 3.63) is 47.5 Å². The topological polar surface area (TPSA) is 26.0 Å². The molecule has 1 nitrogen and oxygen atoms in total. The minimum atomic E-state index is 0.0108. The first-order chi connectivity index (χ1) is 7.02. The lowest BCUT2D eigenvalue weighted by Gasteiger charge is -2.25. The van der Waals surface area contributed by atoms with Crippen LogP contribution in [0.5, 0.6) is 0 Å². The van der Waals surface area contributed by atoms with E-state index in [2.05, 4.69) is 45.5 Å². The Morgan fingerprint density at radius 2 is 1.87 bits per heavy atom. The standard InChI is InChI=1S/C14H21N/c1-5-14(4,10-15)9-13-11(2)7-6-8-12(13)3/h5-8H,1,9-10,15H2,2-4H3. The summed E-state index contributed by atoms with van der Waals surface area (Å²) in [7, 11) is 0. The average molecular weight is 203 g/mol. The Balaban J connectivity index is 3.03. The molecule has 15 heavy (non-hydrogen) atoms.